The third-order valence-corrected chi connectivity index (χ3v) is 2.33. The van der Waals surface area contributed by atoms with Gasteiger partial charge in [-0.05, 0) is 30.7 Å². The second kappa shape index (κ2) is 4.23. The van der Waals surface area contributed by atoms with E-state index >= 15 is 0 Å². The summed E-state index contributed by atoms with van der Waals surface area (Å²) in [7, 11) is 0. The Balaban J connectivity index is 2.55. The van der Waals surface area contributed by atoms with Crippen molar-refractivity contribution in [1.82, 2.24) is 4.98 Å². The zero-order valence-corrected chi connectivity index (χ0v) is 8.77. The number of hydrogen-bond acceptors (Lipinski definition) is 2. The summed E-state index contributed by atoms with van der Waals surface area (Å²) in [5.74, 6) is -0.295. The maximum absolute atomic E-state index is 12.8. The minimum absolute atomic E-state index is 0.295. The molecule has 16 heavy (non-hydrogen) atoms. The Labute approximate surface area is 92.8 Å². The van der Waals surface area contributed by atoms with Gasteiger partial charge in [0.25, 0.3) is 0 Å². The Kier molecular flexibility index (Phi) is 2.77. The Morgan fingerprint density at radius 1 is 1.12 bits per heavy atom. The van der Waals surface area contributed by atoms with Crippen molar-refractivity contribution in [3.05, 3.63) is 53.6 Å². The molecule has 0 aliphatic heterocycles. The lowest BCUT2D eigenvalue weighted by Crippen LogP contribution is -1.94. The van der Waals surface area contributed by atoms with E-state index in [-0.39, 0.29) is 5.82 Å². The van der Waals surface area contributed by atoms with Crippen molar-refractivity contribution in [1.29, 1.82) is 0 Å². The SMILES string of the molecule is Cc1ccc(-c2ccc(F)cc2)c(C=O)n1. The summed E-state index contributed by atoms with van der Waals surface area (Å²) in [5.41, 5.74) is 2.68. The van der Waals surface area contributed by atoms with Crippen LogP contribution in [0.4, 0.5) is 4.39 Å². The topological polar surface area (TPSA) is 30.0 Å². The molecule has 0 N–H and O–H groups in total. The minimum atomic E-state index is -0.295. The molecule has 0 aliphatic carbocycles. The number of aldehydes is 1. The first-order valence-electron chi connectivity index (χ1n) is 4.89. The second-order valence-electron chi connectivity index (χ2n) is 3.51. The van der Waals surface area contributed by atoms with E-state index in [4.69, 9.17) is 0 Å². The van der Waals surface area contributed by atoms with Crippen LogP contribution in [-0.2, 0) is 0 Å². The van der Waals surface area contributed by atoms with Crippen LogP contribution in [0.3, 0.4) is 0 Å². The summed E-state index contributed by atoms with van der Waals surface area (Å²) in [6, 6.07) is 9.64. The quantitative estimate of drug-likeness (QED) is 0.721. The van der Waals surface area contributed by atoms with E-state index in [0.29, 0.717) is 12.0 Å². The molecule has 0 saturated carbocycles. The molecule has 1 aromatic heterocycles. The summed E-state index contributed by atoms with van der Waals surface area (Å²) in [6.07, 6.45) is 0.714. The summed E-state index contributed by atoms with van der Waals surface area (Å²) >= 11 is 0. The van der Waals surface area contributed by atoms with Crippen molar-refractivity contribution in [2.45, 2.75) is 6.92 Å². The largest absolute Gasteiger partial charge is 0.296 e. The summed E-state index contributed by atoms with van der Waals surface area (Å²) < 4.78 is 12.8. The number of nitrogens with zero attached hydrogens (tertiary/aromatic N) is 1. The van der Waals surface area contributed by atoms with Crippen LogP contribution in [0, 0.1) is 12.7 Å². The first kappa shape index (κ1) is 10.5. The van der Waals surface area contributed by atoms with Crippen molar-refractivity contribution in [3.8, 4) is 11.1 Å². The molecule has 2 rings (SSSR count). The molecular formula is C13H10FNO. The first-order chi connectivity index (χ1) is 7.70. The molecule has 0 aliphatic rings. The third-order valence-electron chi connectivity index (χ3n) is 2.33. The molecule has 2 aromatic rings. The van der Waals surface area contributed by atoms with Gasteiger partial charge in [-0.15, -0.1) is 0 Å². The number of aromatic nitrogens is 1. The highest BCUT2D eigenvalue weighted by molar-refractivity contribution is 5.85. The molecular weight excluding hydrogens is 205 g/mol. The highest BCUT2D eigenvalue weighted by atomic mass is 19.1. The lowest BCUT2D eigenvalue weighted by atomic mass is 10.0. The van der Waals surface area contributed by atoms with E-state index in [0.717, 1.165) is 16.8 Å². The summed E-state index contributed by atoms with van der Waals surface area (Å²) in [4.78, 5) is 15.0. The molecule has 3 heteroatoms. The summed E-state index contributed by atoms with van der Waals surface area (Å²) in [6.45, 7) is 1.82. The number of halogens is 1. The molecule has 2 nitrogen and oxygen atoms in total. The van der Waals surface area contributed by atoms with Gasteiger partial charge in [0.05, 0.1) is 0 Å². The van der Waals surface area contributed by atoms with Gasteiger partial charge in [0.2, 0.25) is 0 Å². The molecule has 1 heterocycles. The van der Waals surface area contributed by atoms with E-state index < -0.39 is 0 Å². The fourth-order valence-electron chi connectivity index (χ4n) is 1.54. The van der Waals surface area contributed by atoms with E-state index in [2.05, 4.69) is 4.98 Å². The lowest BCUT2D eigenvalue weighted by Gasteiger charge is -2.05. The van der Waals surface area contributed by atoms with Crippen LogP contribution in [0.15, 0.2) is 36.4 Å². The molecule has 0 saturated heterocycles. The molecule has 0 radical (unpaired) electrons. The molecule has 0 fully saturated rings. The Morgan fingerprint density at radius 2 is 1.81 bits per heavy atom. The smallest absolute Gasteiger partial charge is 0.169 e. The van der Waals surface area contributed by atoms with Crippen molar-refractivity contribution in [2.24, 2.45) is 0 Å². The molecule has 0 bridgehead atoms. The van der Waals surface area contributed by atoms with Gasteiger partial charge in [-0.25, -0.2) is 9.37 Å². The molecule has 0 amide bonds. The normalized spacial score (nSPS) is 10.1. The van der Waals surface area contributed by atoms with E-state index in [1.165, 1.54) is 12.1 Å². The number of carbonyl (C=O) groups is 1. The van der Waals surface area contributed by atoms with Gasteiger partial charge in [-0.3, -0.25) is 4.79 Å². The van der Waals surface area contributed by atoms with Crippen molar-refractivity contribution in [3.63, 3.8) is 0 Å². The maximum atomic E-state index is 12.8. The number of rotatable bonds is 2. The molecule has 0 unspecified atom stereocenters. The van der Waals surface area contributed by atoms with Crippen LogP contribution >= 0.6 is 0 Å². The fourth-order valence-corrected chi connectivity index (χ4v) is 1.54. The Morgan fingerprint density at radius 3 is 2.44 bits per heavy atom. The van der Waals surface area contributed by atoms with Gasteiger partial charge in [-0.1, -0.05) is 18.2 Å². The zero-order valence-electron chi connectivity index (χ0n) is 8.77. The van der Waals surface area contributed by atoms with Crippen LogP contribution in [-0.4, -0.2) is 11.3 Å². The van der Waals surface area contributed by atoms with Crippen molar-refractivity contribution >= 4 is 6.29 Å². The predicted molar refractivity (Wildman–Crippen MR) is 59.8 cm³/mol. The second-order valence-corrected chi connectivity index (χ2v) is 3.51. The van der Waals surface area contributed by atoms with Gasteiger partial charge < -0.3 is 0 Å². The van der Waals surface area contributed by atoms with Crippen LogP contribution in [0.5, 0.6) is 0 Å². The minimum Gasteiger partial charge on any atom is -0.296 e. The van der Waals surface area contributed by atoms with E-state index in [1.807, 2.05) is 19.1 Å². The Hall–Kier alpha value is -2.03. The predicted octanol–water partition coefficient (Wildman–Crippen LogP) is 3.01. The summed E-state index contributed by atoms with van der Waals surface area (Å²) in [5, 5.41) is 0. The monoisotopic (exact) mass is 215 g/mol. The number of pyridine rings is 1. The zero-order chi connectivity index (χ0) is 11.5. The standard InChI is InChI=1S/C13H10FNO/c1-9-2-7-12(13(8-16)15-9)10-3-5-11(14)6-4-10/h2-8H,1H3. The van der Waals surface area contributed by atoms with Crippen LogP contribution < -0.4 is 0 Å². The van der Waals surface area contributed by atoms with E-state index in [1.54, 1.807) is 12.1 Å². The number of hydrogen-bond donors (Lipinski definition) is 0. The number of carbonyl (C=O) groups excluding carboxylic acids is 1. The number of aryl methyl sites for hydroxylation is 1. The van der Waals surface area contributed by atoms with Gasteiger partial charge in [0, 0.05) is 11.3 Å². The molecule has 1 aromatic carbocycles. The van der Waals surface area contributed by atoms with Crippen LogP contribution in [0.25, 0.3) is 11.1 Å². The molecule has 0 atom stereocenters. The number of benzene rings is 1. The van der Waals surface area contributed by atoms with Gasteiger partial charge in [-0.2, -0.15) is 0 Å². The first-order valence-corrected chi connectivity index (χ1v) is 4.89. The van der Waals surface area contributed by atoms with Crippen LogP contribution in [0.1, 0.15) is 16.2 Å². The highest BCUT2D eigenvalue weighted by Gasteiger charge is 2.06. The molecule has 80 valence electrons. The average Bonchev–Trinajstić information content (AvgIpc) is 2.30. The van der Waals surface area contributed by atoms with Gasteiger partial charge >= 0.3 is 0 Å². The van der Waals surface area contributed by atoms with Crippen molar-refractivity contribution < 1.29 is 9.18 Å². The van der Waals surface area contributed by atoms with Crippen LogP contribution in [0.2, 0.25) is 0 Å². The lowest BCUT2D eigenvalue weighted by molar-refractivity contribution is 0.111. The van der Waals surface area contributed by atoms with Gasteiger partial charge in [0.15, 0.2) is 6.29 Å². The highest BCUT2D eigenvalue weighted by Crippen LogP contribution is 2.22. The van der Waals surface area contributed by atoms with Gasteiger partial charge in [0.1, 0.15) is 11.5 Å². The average molecular weight is 215 g/mol. The van der Waals surface area contributed by atoms with E-state index in [9.17, 15) is 9.18 Å². The molecule has 0 spiro atoms. The Bertz CT molecular complexity index is 520. The van der Waals surface area contributed by atoms with Crippen molar-refractivity contribution in [2.75, 3.05) is 0 Å². The fraction of sp³-hybridized carbons (Fsp3) is 0.0769. The maximum Gasteiger partial charge on any atom is 0.169 e. The third kappa shape index (κ3) is 1.98.